The summed E-state index contributed by atoms with van der Waals surface area (Å²) in [5, 5.41) is 3.49. The molecule has 0 amide bonds. The molecule has 1 aliphatic rings. The Balaban J connectivity index is 1.91. The minimum absolute atomic E-state index is 0.0356. The van der Waals surface area contributed by atoms with Gasteiger partial charge in [-0.15, -0.1) is 0 Å². The average molecular weight is 627 g/mol. The maximum Gasteiger partial charge on any atom is 0.343 e. The monoisotopic (exact) mass is 626 g/mol. The Labute approximate surface area is 260 Å². The van der Waals surface area contributed by atoms with Crippen LogP contribution < -0.4 is 15.6 Å². The number of ether oxygens (including phenoxy) is 2. The second kappa shape index (κ2) is 13.8. The lowest BCUT2D eigenvalue weighted by Gasteiger charge is -2.37. The van der Waals surface area contributed by atoms with E-state index >= 15 is 0 Å². The van der Waals surface area contributed by atoms with E-state index < -0.39 is 19.7 Å². The van der Waals surface area contributed by atoms with Gasteiger partial charge in [0, 0.05) is 31.9 Å². The number of hydrogen-bond donors (Lipinski definition) is 2. The van der Waals surface area contributed by atoms with Gasteiger partial charge in [0.15, 0.2) is 14.1 Å². The van der Waals surface area contributed by atoms with Crippen LogP contribution >= 0.6 is 0 Å². The first-order valence-corrected chi connectivity index (χ1v) is 18.5. The molecule has 11 heteroatoms. The SMILES string of the molecule is CCOC(=O)c1cn([C@H](CCC(C)(C)[Si](C)(C)O)C(C)C)c2nc(N3CCOCC3)c(NCc3ccc(F)cc3)cc2c1=O. The number of fused-ring (bicyclic) bond motifs is 1. The van der Waals surface area contributed by atoms with Gasteiger partial charge in [-0.3, -0.25) is 4.79 Å². The summed E-state index contributed by atoms with van der Waals surface area (Å²) in [6.07, 6.45) is 3.10. The number of hydrogen-bond acceptors (Lipinski definition) is 8. The lowest BCUT2D eigenvalue weighted by molar-refractivity contribution is 0.0523. The molecule has 44 heavy (non-hydrogen) atoms. The third-order valence-electron chi connectivity index (χ3n) is 9.03. The van der Waals surface area contributed by atoms with E-state index in [9.17, 15) is 18.8 Å². The van der Waals surface area contributed by atoms with Crippen molar-refractivity contribution in [2.45, 2.75) is 78.2 Å². The second-order valence-corrected chi connectivity index (χ2v) is 17.6. The predicted octanol–water partition coefficient (Wildman–Crippen LogP) is 6.12. The van der Waals surface area contributed by atoms with Gasteiger partial charge in [0.25, 0.3) is 0 Å². The Morgan fingerprint density at radius 2 is 1.86 bits per heavy atom. The lowest BCUT2D eigenvalue weighted by Crippen LogP contribution is -2.39. The van der Waals surface area contributed by atoms with E-state index in [1.54, 1.807) is 31.3 Å². The molecule has 2 aromatic heterocycles. The highest BCUT2D eigenvalue weighted by Gasteiger charge is 2.38. The smallest absolute Gasteiger partial charge is 0.343 e. The molecule has 1 atom stereocenters. The number of morpholine rings is 1. The molecule has 0 saturated carbocycles. The quantitative estimate of drug-likeness (QED) is 0.183. The number of rotatable bonds is 12. The highest BCUT2D eigenvalue weighted by molar-refractivity contribution is 6.72. The maximum atomic E-state index is 13.9. The van der Waals surface area contributed by atoms with Crippen molar-refractivity contribution in [2.24, 2.45) is 5.92 Å². The van der Waals surface area contributed by atoms with Crippen molar-refractivity contribution in [1.82, 2.24) is 9.55 Å². The number of benzene rings is 1. The molecule has 4 rings (SSSR count). The van der Waals surface area contributed by atoms with E-state index in [0.717, 1.165) is 18.4 Å². The fraction of sp³-hybridized carbons (Fsp3) is 0.545. The molecule has 9 nitrogen and oxygen atoms in total. The molecule has 0 unspecified atom stereocenters. The fourth-order valence-corrected chi connectivity index (χ4v) is 6.18. The van der Waals surface area contributed by atoms with Gasteiger partial charge >= 0.3 is 5.97 Å². The molecule has 0 spiro atoms. The topological polar surface area (TPSA) is 106 Å². The van der Waals surface area contributed by atoms with Gasteiger partial charge in [0.1, 0.15) is 17.0 Å². The number of pyridine rings is 2. The van der Waals surface area contributed by atoms with Crippen LogP contribution in [-0.4, -0.2) is 61.5 Å². The van der Waals surface area contributed by atoms with Gasteiger partial charge in [-0.1, -0.05) is 39.8 Å². The van der Waals surface area contributed by atoms with Crippen molar-refractivity contribution in [3.63, 3.8) is 0 Å². The first kappa shape index (κ1) is 33.6. The van der Waals surface area contributed by atoms with E-state index in [-0.39, 0.29) is 35.0 Å². The summed E-state index contributed by atoms with van der Waals surface area (Å²) in [4.78, 5) is 45.3. The molecule has 240 valence electrons. The van der Waals surface area contributed by atoms with Gasteiger partial charge in [-0.05, 0) is 67.6 Å². The van der Waals surface area contributed by atoms with E-state index in [1.807, 2.05) is 17.7 Å². The zero-order chi connectivity index (χ0) is 32.2. The third kappa shape index (κ3) is 7.50. The highest BCUT2D eigenvalue weighted by Crippen LogP contribution is 2.43. The Kier molecular flexibility index (Phi) is 10.5. The standard InChI is InChI=1S/C33H47FN4O5Si/c1-8-43-32(40)26-21-38(28(22(2)3)13-14-33(4,5)44(6,7)41)30-25(29(26)39)19-27(31(36-30)37-15-17-42-18-16-37)35-20-23-9-11-24(34)12-10-23/h9-12,19,21-22,28,35,41H,8,13-18,20H2,1-7H3/t28-/m1/s1. The summed E-state index contributed by atoms with van der Waals surface area (Å²) in [5.74, 6) is -0.153. The average Bonchev–Trinajstić information content (AvgIpc) is 2.97. The van der Waals surface area contributed by atoms with E-state index in [0.29, 0.717) is 55.4 Å². The summed E-state index contributed by atoms with van der Waals surface area (Å²) in [7, 11) is -2.47. The molecule has 0 bridgehead atoms. The molecule has 3 aromatic rings. The number of carbonyl (C=O) groups excluding carboxylic acids is 1. The molecule has 0 aliphatic carbocycles. The van der Waals surface area contributed by atoms with Gasteiger partial charge < -0.3 is 29.1 Å². The first-order chi connectivity index (χ1) is 20.7. The molecular formula is C33H47FN4O5Si. The summed E-state index contributed by atoms with van der Waals surface area (Å²) >= 11 is 0. The summed E-state index contributed by atoms with van der Waals surface area (Å²) < 4.78 is 26.4. The number of halogens is 1. The van der Waals surface area contributed by atoms with Crippen molar-refractivity contribution in [2.75, 3.05) is 43.1 Å². The van der Waals surface area contributed by atoms with Gasteiger partial charge in [0.05, 0.1) is 30.9 Å². The normalized spacial score (nSPS) is 15.1. The molecule has 0 radical (unpaired) electrons. The lowest BCUT2D eigenvalue weighted by atomic mass is 9.94. The highest BCUT2D eigenvalue weighted by atomic mass is 28.4. The molecule has 3 heterocycles. The Morgan fingerprint density at radius 3 is 2.45 bits per heavy atom. The molecule has 1 fully saturated rings. The number of esters is 1. The van der Waals surface area contributed by atoms with Gasteiger partial charge in [-0.25, -0.2) is 14.2 Å². The Hall–Kier alpha value is -3.28. The van der Waals surface area contributed by atoms with Crippen molar-refractivity contribution in [3.05, 3.63) is 63.7 Å². The Bertz CT molecular complexity index is 1510. The first-order valence-electron chi connectivity index (χ1n) is 15.5. The molecule has 1 aromatic carbocycles. The fourth-order valence-electron chi connectivity index (χ4n) is 5.42. The van der Waals surface area contributed by atoms with Crippen molar-refractivity contribution in [1.29, 1.82) is 0 Å². The number of nitrogens with one attached hydrogen (secondary N) is 1. The van der Waals surface area contributed by atoms with Crippen LogP contribution in [0.1, 0.15) is 69.4 Å². The molecule has 1 saturated heterocycles. The molecule has 1 aliphatic heterocycles. The van der Waals surface area contributed by atoms with Crippen molar-refractivity contribution >= 4 is 36.8 Å². The molecular weight excluding hydrogens is 579 g/mol. The molecule has 2 N–H and O–H groups in total. The van der Waals surface area contributed by atoms with E-state index in [4.69, 9.17) is 14.5 Å². The van der Waals surface area contributed by atoms with Crippen LogP contribution in [0.3, 0.4) is 0 Å². The van der Waals surface area contributed by atoms with Crippen LogP contribution in [0.5, 0.6) is 0 Å². The summed E-state index contributed by atoms with van der Waals surface area (Å²) in [5.41, 5.74) is 1.53. The van der Waals surface area contributed by atoms with Crippen LogP contribution in [0.2, 0.25) is 18.1 Å². The number of nitrogens with zero attached hydrogens (tertiary/aromatic N) is 3. The minimum Gasteiger partial charge on any atom is -0.462 e. The third-order valence-corrected chi connectivity index (χ3v) is 12.6. The van der Waals surface area contributed by atoms with Crippen molar-refractivity contribution in [3.8, 4) is 0 Å². The number of aromatic nitrogens is 2. The zero-order valence-corrected chi connectivity index (χ0v) is 28.1. The van der Waals surface area contributed by atoms with Crippen LogP contribution in [0.4, 0.5) is 15.9 Å². The van der Waals surface area contributed by atoms with Crippen LogP contribution in [0, 0.1) is 11.7 Å². The number of carbonyl (C=O) groups is 1. The second-order valence-electron chi connectivity index (χ2n) is 13.1. The van der Waals surface area contributed by atoms with Crippen LogP contribution in [-0.2, 0) is 16.0 Å². The summed E-state index contributed by atoms with van der Waals surface area (Å²) in [6, 6.07) is 7.92. The summed E-state index contributed by atoms with van der Waals surface area (Å²) in [6.45, 7) is 17.0. The predicted molar refractivity (Wildman–Crippen MR) is 176 cm³/mol. The van der Waals surface area contributed by atoms with Crippen molar-refractivity contribution < 1.29 is 23.5 Å². The van der Waals surface area contributed by atoms with E-state index in [1.165, 1.54) is 12.1 Å². The van der Waals surface area contributed by atoms with Crippen LogP contribution in [0.25, 0.3) is 11.0 Å². The largest absolute Gasteiger partial charge is 0.462 e. The zero-order valence-electron chi connectivity index (χ0n) is 27.1. The van der Waals surface area contributed by atoms with Gasteiger partial charge in [0.2, 0.25) is 5.43 Å². The Morgan fingerprint density at radius 1 is 1.20 bits per heavy atom. The van der Waals surface area contributed by atoms with E-state index in [2.05, 4.69) is 37.9 Å². The van der Waals surface area contributed by atoms with Crippen LogP contribution in [0.15, 0.2) is 41.3 Å². The number of anilines is 2. The van der Waals surface area contributed by atoms with Gasteiger partial charge in [-0.2, -0.15) is 0 Å². The minimum atomic E-state index is -2.47. The maximum absolute atomic E-state index is 13.9.